The van der Waals surface area contributed by atoms with Crippen molar-refractivity contribution < 1.29 is 18.3 Å². The van der Waals surface area contributed by atoms with Crippen molar-refractivity contribution in [2.75, 3.05) is 31.6 Å². The molecule has 2 amide bonds. The number of hydrogen-bond acceptors (Lipinski definition) is 4. The lowest BCUT2D eigenvalue weighted by atomic mass is 10.1. The van der Waals surface area contributed by atoms with Gasteiger partial charge in [-0.25, -0.2) is 13.2 Å². The van der Waals surface area contributed by atoms with Gasteiger partial charge in [0.2, 0.25) is 10.0 Å². The zero-order chi connectivity index (χ0) is 17.6. The van der Waals surface area contributed by atoms with Crippen LogP contribution < -0.4 is 10.6 Å². The Morgan fingerprint density at radius 2 is 1.83 bits per heavy atom. The summed E-state index contributed by atoms with van der Waals surface area (Å²) < 4.78 is 26.6. The van der Waals surface area contributed by atoms with Gasteiger partial charge in [0.05, 0.1) is 11.5 Å². The minimum Gasteiger partial charge on any atom is -0.395 e. The van der Waals surface area contributed by atoms with E-state index in [0.717, 1.165) is 11.1 Å². The number of nitrogens with zero attached hydrogens (tertiary/aromatic N) is 1. The van der Waals surface area contributed by atoms with E-state index in [1.165, 1.54) is 10.4 Å². The highest BCUT2D eigenvalue weighted by atomic mass is 32.2. The number of aryl methyl sites for hydroxylation is 1. The summed E-state index contributed by atoms with van der Waals surface area (Å²) in [4.78, 5) is 11.9. The lowest BCUT2D eigenvalue weighted by molar-refractivity contribution is 0.245. The Hall–Kier alpha value is -1.64. The molecule has 0 aliphatic carbocycles. The molecule has 0 aliphatic heterocycles. The highest BCUT2D eigenvalue weighted by Gasteiger charge is 2.23. The Morgan fingerprint density at radius 1 is 1.22 bits per heavy atom. The molecule has 23 heavy (non-hydrogen) atoms. The van der Waals surface area contributed by atoms with E-state index in [1.54, 1.807) is 26.8 Å². The minimum absolute atomic E-state index is 0.126. The van der Waals surface area contributed by atoms with E-state index in [2.05, 4.69) is 10.6 Å². The minimum atomic E-state index is -3.59. The van der Waals surface area contributed by atoms with Crippen molar-refractivity contribution in [1.82, 2.24) is 9.62 Å². The fraction of sp³-hybridized carbons (Fsp3) is 0.533. The Bertz CT molecular complexity index is 655. The standard InChI is InChI=1S/C15H25N3O4S/c1-5-18(6-2)23(21,22)13-9-11(3)12(4)14(10-13)17-15(20)16-7-8-19/h9-10,19H,5-8H2,1-4H3,(H2,16,17,20). The molecule has 0 atom stereocenters. The molecule has 0 saturated carbocycles. The van der Waals surface area contributed by atoms with Gasteiger partial charge in [-0.15, -0.1) is 0 Å². The van der Waals surface area contributed by atoms with Gasteiger partial charge in [-0.3, -0.25) is 0 Å². The van der Waals surface area contributed by atoms with Crippen LogP contribution in [0.5, 0.6) is 0 Å². The Kier molecular flexibility index (Phi) is 6.99. The van der Waals surface area contributed by atoms with Crippen LogP contribution in [0.1, 0.15) is 25.0 Å². The second kappa shape index (κ2) is 8.28. The molecule has 0 radical (unpaired) electrons. The van der Waals surface area contributed by atoms with E-state index in [9.17, 15) is 13.2 Å². The van der Waals surface area contributed by atoms with E-state index in [-0.39, 0.29) is 18.0 Å². The van der Waals surface area contributed by atoms with Crippen LogP contribution in [0.25, 0.3) is 0 Å². The molecule has 0 saturated heterocycles. The molecule has 0 heterocycles. The number of aliphatic hydroxyl groups is 1. The van der Waals surface area contributed by atoms with Crippen LogP contribution in [-0.4, -0.2) is 50.1 Å². The summed E-state index contributed by atoms with van der Waals surface area (Å²) in [6.07, 6.45) is 0. The lowest BCUT2D eigenvalue weighted by Crippen LogP contribution is -2.32. The van der Waals surface area contributed by atoms with Gasteiger partial charge >= 0.3 is 6.03 Å². The van der Waals surface area contributed by atoms with Crippen molar-refractivity contribution in [3.63, 3.8) is 0 Å². The maximum atomic E-state index is 12.6. The molecule has 1 aromatic rings. The molecule has 1 rings (SSSR count). The molecule has 130 valence electrons. The van der Waals surface area contributed by atoms with Crippen molar-refractivity contribution in [1.29, 1.82) is 0 Å². The van der Waals surface area contributed by atoms with E-state index in [4.69, 9.17) is 5.11 Å². The summed E-state index contributed by atoms with van der Waals surface area (Å²) in [6.45, 7) is 7.89. The third-order valence-electron chi connectivity index (χ3n) is 3.63. The van der Waals surface area contributed by atoms with Gasteiger partial charge in [-0.1, -0.05) is 13.8 Å². The molecule has 0 spiro atoms. The number of urea groups is 1. The number of anilines is 1. The highest BCUT2D eigenvalue weighted by Crippen LogP contribution is 2.26. The summed E-state index contributed by atoms with van der Waals surface area (Å²) in [6, 6.07) is 2.59. The van der Waals surface area contributed by atoms with E-state index in [0.29, 0.717) is 18.8 Å². The van der Waals surface area contributed by atoms with Crippen LogP contribution >= 0.6 is 0 Å². The molecule has 0 aromatic heterocycles. The summed E-state index contributed by atoms with van der Waals surface area (Å²) in [5, 5.41) is 13.8. The topological polar surface area (TPSA) is 98.7 Å². The van der Waals surface area contributed by atoms with Crippen molar-refractivity contribution in [3.05, 3.63) is 23.3 Å². The van der Waals surface area contributed by atoms with Gasteiger partial charge in [-0.05, 0) is 37.1 Å². The molecule has 7 nitrogen and oxygen atoms in total. The van der Waals surface area contributed by atoms with E-state index in [1.807, 2.05) is 6.92 Å². The number of nitrogens with one attached hydrogen (secondary N) is 2. The molecule has 1 aromatic carbocycles. The van der Waals surface area contributed by atoms with E-state index < -0.39 is 16.1 Å². The predicted octanol–water partition coefficient (Wildman–Crippen LogP) is 1.45. The fourth-order valence-electron chi connectivity index (χ4n) is 2.15. The van der Waals surface area contributed by atoms with Gasteiger partial charge < -0.3 is 15.7 Å². The van der Waals surface area contributed by atoms with Gasteiger partial charge in [0.15, 0.2) is 0 Å². The second-order valence-corrected chi connectivity index (χ2v) is 7.04. The number of benzene rings is 1. The van der Waals surface area contributed by atoms with Gasteiger partial charge in [0.25, 0.3) is 0 Å². The SMILES string of the molecule is CCN(CC)S(=O)(=O)c1cc(C)c(C)c(NC(=O)NCCO)c1. The number of aliphatic hydroxyl groups excluding tert-OH is 1. The van der Waals surface area contributed by atoms with Crippen LogP contribution in [0.2, 0.25) is 0 Å². The lowest BCUT2D eigenvalue weighted by Gasteiger charge is -2.20. The third-order valence-corrected chi connectivity index (χ3v) is 5.66. The van der Waals surface area contributed by atoms with Crippen LogP contribution in [0.4, 0.5) is 10.5 Å². The normalized spacial score (nSPS) is 11.6. The largest absolute Gasteiger partial charge is 0.395 e. The maximum Gasteiger partial charge on any atom is 0.319 e. The average Bonchev–Trinajstić information content (AvgIpc) is 2.50. The van der Waals surface area contributed by atoms with Crippen molar-refractivity contribution in [3.8, 4) is 0 Å². The second-order valence-electron chi connectivity index (χ2n) is 5.11. The highest BCUT2D eigenvalue weighted by molar-refractivity contribution is 7.89. The Labute approximate surface area is 137 Å². The number of carbonyl (C=O) groups is 1. The first kappa shape index (κ1) is 19.4. The number of rotatable bonds is 7. The number of carbonyl (C=O) groups excluding carboxylic acids is 1. The molecule has 0 fully saturated rings. The summed E-state index contributed by atoms with van der Waals surface area (Å²) >= 11 is 0. The van der Waals surface area contributed by atoms with Gasteiger partial charge in [-0.2, -0.15) is 4.31 Å². The molecular formula is C15H25N3O4S. The van der Waals surface area contributed by atoms with Crippen LogP contribution in [0.3, 0.4) is 0 Å². The smallest absolute Gasteiger partial charge is 0.319 e. The number of sulfonamides is 1. The number of hydrogen-bond donors (Lipinski definition) is 3. The first-order valence-electron chi connectivity index (χ1n) is 7.55. The fourth-order valence-corrected chi connectivity index (χ4v) is 3.72. The first-order valence-corrected chi connectivity index (χ1v) is 8.99. The van der Waals surface area contributed by atoms with Gasteiger partial charge in [0.1, 0.15) is 0 Å². The van der Waals surface area contributed by atoms with Crippen LogP contribution in [0.15, 0.2) is 17.0 Å². The zero-order valence-electron chi connectivity index (χ0n) is 14.0. The summed E-state index contributed by atoms with van der Waals surface area (Å²) in [7, 11) is -3.59. The van der Waals surface area contributed by atoms with E-state index >= 15 is 0 Å². The third kappa shape index (κ3) is 4.66. The number of amides is 2. The predicted molar refractivity (Wildman–Crippen MR) is 90.1 cm³/mol. The molecule has 0 aliphatic rings. The zero-order valence-corrected chi connectivity index (χ0v) is 14.8. The van der Waals surface area contributed by atoms with Crippen molar-refractivity contribution in [2.45, 2.75) is 32.6 Å². The van der Waals surface area contributed by atoms with Crippen molar-refractivity contribution >= 4 is 21.7 Å². The molecular weight excluding hydrogens is 318 g/mol. The Balaban J connectivity index is 3.21. The maximum absolute atomic E-state index is 12.6. The quantitative estimate of drug-likeness (QED) is 0.698. The summed E-state index contributed by atoms with van der Waals surface area (Å²) in [5.74, 6) is 0. The van der Waals surface area contributed by atoms with Crippen molar-refractivity contribution in [2.24, 2.45) is 0 Å². The Morgan fingerprint density at radius 3 is 2.35 bits per heavy atom. The van der Waals surface area contributed by atoms with Gasteiger partial charge in [0, 0.05) is 25.3 Å². The first-order chi connectivity index (χ1) is 10.8. The molecule has 0 bridgehead atoms. The molecule has 8 heteroatoms. The monoisotopic (exact) mass is 343 g/mol. The average molecular weight is 343 g/mol. The van der Waals surface area contributed by atoms with Crippen LogP contribution in [-0.2, 0) is 10.0 Å². The summed E-state index contributed by atoms with van der Waals surface area (Å²) in [5.41, 5.74) is 2.00. The van der Waals surface area contributed by atoms with Crippen LogP contribution in [0, 0.1) is 13.8 Å². The molecule has 0 unspecified atom stereocenters. The molecule has 3 N–H and O–H groups in total.